The van der Waals surface area contributed by atoms with Gasteiger partial charge in [-0.05, 0) is 44.0 Å². The van der Waals surface area contributed by atoms with Crippen LogP contribution >= 0.6 is 0 Å². The number of hydrogen-bond donors (Lipinski definition) is 2. The Balaban J connectivity index is 1.43. The van der Waals surface area contributed by atoms with Gasteiger partial charge in [-0.2, -0.15) is 5.10 Å². The minimum atomic E-state index is -0.338. The lowest BCUT2D eigenvalue weighted by Crippen LogP contribution is -2.39. The number of amides is 3. The van der Waals surface area contributed by atoms with Gasteiger partial charge in [-0.25, -0.2) is 24.2 Å². The topological polar surface area (TPSA) is 127 Å². The number of morpholine rings is 1. The van der Waals surface area contributed by atoms with Crippen LogP contribution in [0.4, 0.5) is 21.1 Å². The molecule has 0 saturated carbocycles. The van der Waals surface area contributed by atoms with Gasteiger partial charge in [0, 0.05) is 44.5 Å². The number of carbonyl (C=O) groups is 2. The number of aromatic nitrogens is 4. The molecule has 3 amide bonds. The molecule has 0 bridgehead atoms. The summed E-state index contributed by atoms with van der Waals surface area (Å²) in [5, 5.41) is 10.9. The zero-order valence-electron chi connectivity index (χ0n) is 22.1. The number of piperidine rings is 1. The normalized spacial score (nSPS) is 15.9. The molecule has 2 aromatic heterocycles. The van der Waals surface area contributed by atoms with Crippen molar-refractivity contribution in [3.05, 3.63) is 30.5 Å². The number of hydrogen-bond acceptors (Lipinski definition) is 8. The highest BCUT2D eigenvalue weighted by Gasteiger charge is 2.28. The van der Waals surface area contributed by atoms with Crippen LogP contribution in [0.15, 0.2) is 30.5 Å². The Morgan fingerprint density at radius 1 is 1.10 bits per heavy atom. The average Bonchev–Trinajstić information content (AvgIpc) is 3.41. The van der Waals surface area contributed by atoms with Crippen molar-refractivity contribution in [2.45, 2.75) is 25.8 Å². The second-order valence-electron chi connectivity index (χ2n) is 9.28. The zero-order valence-corrected chi connectivity index (χ0v) is 22.1. The molecule has 0 aliphatic carbocycles. The number of ether oxygens (including phenoxy) is 2. The van der Waals surface area contributed by atoms with Crippen LogP contribution in [0, 0.1) is 11.8 Å². The van der Waals surface area contributed by atoms with E-state index in [0.29, 0.717) is 37.8 Å². The van der Waals surface area contributed by atoms with Crippen LogP contribution in [0.2, 0.25) is 0 Å². The standard InChI is InChI=1S/C27H32N8O4/c1-3-4-15-39-27(37)34-11-9-21(10-12-34)35-25-22(18-29-35)24(33-13-16-38-17-14-33)31-23(32-25)19-5-7-20(8-6-19)30-26(36)28-2/h5-8,18,21H,9-17H2,1-2H3,(H2,28,30,36). The molecule has 204 valence electrons. The largest absolute Gasteiger partial charge is 0.436 e. The molecule has 2 aliphatic heterocycles. The summed E-state index contributed by atoms with van der Waals surface area (Å²) in [4.78, 5) is 37.9. The van der Waals surface area contributed by atoms with E-state index < -0.39 is 0 Å². The van der Waals surface area contributed by atoms with Crippen molar-refractivity contribution in [3.8, 4) is 23.2 Å². The molecule has 12 heteroatoms. The lowest BCUT2D eigenvalue weighted by Gasteiger charge is -2.31. The van der Waals surface area contributed by atoms with Crippen LogP contribution in [-0.2, 0) is 9.47 Å². The number of likely N-dealkylation sites (tertiary alicyclic amines) is 1. The summed E-state index contributed by atoms with van der Waals surface area (Å²) in [5.41, 5.74) is 2.26. The van der Waals surface area contributed by atoms with E-state index in [1.54, 1.807) is 18.9 Å². The SMILES string of the molecule is CC#CCOC(=O)N1CCC(n2ncc3c(N4CCOCC4)nc(-c4ccc(NC(=O)NC)cc4)nc32)CC1. The van der Waals surface area contributed by atoms with Crippen LogP contribution in [0.1, 0.15) is 25.8 Å². The summed E-state index contributed by atoms with van der Waals surface area (Å²) in [5.74, 6) is 6.89. The van der Waals surface area contributed by atoms with E-state index in [0.717, 1.165) is 48.3 Å². The zero-order chi connectivity index (χ0) is 27.2. The van der Waals surface area contributed by atoms with Crippen molar-refractivity contribution in [2.75, 3.05) is 63.3 Å². The van der Waals surface area contributed by atoms with E-state index in [4.69, 9.17) is 24.5 Å². The Kier molecular flexibility index (Phi) is 8.07. The van der Waals surface area contributed by atoms with Crippen LogP contribution in [0.5, 0.6) is 0 Å². The van der Waals surface area contributed by atoms with Crippen LogP contribution in [0.25, 0.3) is 22.4 Å². The number of carbonyl (C=O) groups excluding carboxylic acids is 2. The van der Waals surface area contributed by atoms with Gasteiger partial charge in [0.05, 0.1) is 30.8 Å². The highest BCUT2D eigenvalue weighted by molar-refractivity contribution is 5.90. The predicted molar refractivity (Wildman–Crippen MR) is 147 cm³/mol. The van der Waals surface area contributed by atoms with Gasteiger partial charge >= 0.3 is 12.1 Å². The maximum Gasteiger partial charge on any atom is 0.410 e. The van der Waals surface area contributed by atoms with Crippen LogP contribution in [-0.4, -0.2) is 89.8 Å². The van der Waals surface area contributed by atoms with Crippen molar-refractivity contribution >= 4 is 34.7 Å². The van der Waals surface area contributed by atoms with Gasteiger partial charge in [-0.15, -0.1) is 5.92 Å². The first kappa shape index (κ1) is 26.2. The summed E-state index contributed by atoms with van der Waals surface area (Å²) < 4.78 is 12.8. The fourth-order valence-electron chi connectivity index (χ4n) is 4.77. The second kappa shape index (κ2) is 12.0. The Labute approximate surface area is 226 Å². The van der Waals surface area contributed by atoms with Gasteiger partial charge in [0.1, 0.15) is 5.82 Å². The maximum atomic E-state index is 12.4. The third kappa shape index (κ3) is 5.88. The molecule has 12 nitrogen and oxygen atoms in total. The van der Waals surface area contributed by atoms with E-state index >= 15 is 0 Å². The highest BCUT2D eigenvalue weighted by Crippen LogP contribution is 2.32. The van der Waals surface area contributed by atoms with Crippen LogP contribution in [0.3, 0.4) is 0 Å². The maximum absolute atomic E-state index is 12.4. The lowest BCUT2D eigenvalue weighted by molar-refractivity contribution is 0.0976. The van der Waals surface area contributed by atoms with E-state index in [-0.39, 0.29) is 24.8 Å². The van der Waals surface area contributed by atoms with Crippen molar-refractivity contribution in [2.24, 2.45) is 0 Å². The van der Waals surface area contributed by atoms with Gasteiger partial charge in [-0.3, -0.25) is 0 Å². The molecule has 0 atom stereocenters. The summed E-state index contributed by atoms with van der Waals surface area (Å²) in [6, 6.07) is 7.23. The van der Waals surface area contributed by atoms with Crippen molar-refractivity contribution in [3.63, 3.8) is 0 Å². The smallest absolute Gasteiger partial charge is 0.410 e. The predicted octanol–water partition coefficient (Wildman–Crippen LogP) is 2.88. The minimum absolute atomic E-state index is 0.0846. The number of nitrogens with one attached hydrogen (secondary N) is 2. The van der Waals surface area contributed by atoms with Gasteiger partial charge in [-0.1, -0.05) is 5.92 Å². The van der Waals surface area contributed by atoms with Gasteiger partial charge in [0.25, 0.3) is 0 Å². The number of nitrogens with zero attached hydrogens (tertiary/aromatic N) is 6. The third-order valence-electron chi connectivity index (χ3n) is 6.89. The molecular weight excluding hydrogens is 500 g/mol. The molecule has 0 unspecified atom stereocenters. The number of fused-ring (bicyclic) bond motifs is 1. The molecule has 39 heavy (non-hydrogen) atoms. The van der Waals surface area contributed by atoms with Crippen molar-refractivity contribution < 1.29 is 19.1 Å². The first-order chi connectivity index (χ1) is 19.1. The van der Waals surface area contributed by atoms with Crippen molar-refractivity contribution in [1.29, 1.82) is 0 Å². The van der Waals surface area contributed by atoms with Gasteiger partial charge in [0.2, 0.25) is 0 Å². The first-order valence-corrected chi connectivity index (χ1v) is 13.1. The van der Waals surface area contributed by atoms with Gasteiger partial charge < -0.3 is 29.9 Å². The molecule has 2 N–H and O–H groups in total. The van der Waals surface area contributed by atoms with Crippen molar-refractivity contribution in [1.82, 2.24) is 30.0 Å². The first-order valence-electron chi connectivity index (χ1n) is 13.1. The minimum Gasteiger partial charge on any atom is -0.436 e. The second-order valence-corrected chi connectivity index (χ2v) is 9.28. The number of urea groups is 1. The molecule has 3 aromatic rings. The monoisotopic (exact) mass is 532 g/mol. The van der Waals surface area contributed by atoms with E-state index in [1.165, 1.54) is 0 Å². The summed E-state index contributed by atoms with van der Waals surface area (Å²) >= 11 is 0. The number of benzene rings is 1. The molecule has 2 fully saturated rings. The van der Waals surface area contributed by atoms with E-state index in [1.807, 2.05) is 35.1 Å². The third-order valence-corrected chi connectivity index (χ3v) is 6.89. The quantitative estimate of drug-likeness (QED) is 0.481. The Hall–Kier alpha value is -4.37. The molecule has 2 aliphatic rings. The summed E-state index contributed by atoms with van der Waals surface area (Å²) in [6.45, 7) is 5.68. The summed E-state index contributed by atoms with van der Waals surface area (Å²) in [6.07, 6.45) is 2.97. The lowest BCUT2D eigenvalue weighted by atomic mass is 10.1. The summed E-state index contributed by atoms with van der Waals surface area (Å²) in [7, 11) is 1.57. The number of rotatable bonds is 5. The number of anilines is 2. The average molecular weight is 533 g/mol. The molecule has 0 radical (unpaired) electrons. The highest BCUT2D eigenvalue weighted by atomic mass is 16.6. The van der Waals surface area contributed by atoms with E-state index in [2.05, 4.69) is 27.4 Å². The Morgan fingerprint density at radius 3 is 2.54 bits per heavy atom. The molecule has 5 rings (SSSR count). The molecule has 1 aromatic carbocycles. The molecule has 0 spiro atoms. The Bertz CT molecular complexity index is 1380. The fraction of sp³-hybridized carbons (Fsp3) is 0.444. The fourth-order valence-corrected chi connectivity index (χ4v) is 4.77. The van der Waals surface area contributed by atoms with Crippen LogP contribution < -0.4 is 15.5 Å². The molecule has 2 saturated heterocycles. The molecular formula is C27H32N8O4. The Morgan fingerprint density at radius 2 is 1.85 bits per heavy atom. The van der Waals surface area contributed by atoms with E-state index in [9.17, 15) is 9.59 Å². The van der Waals surface area contributed by atoms with Gasteiger partial charge in [0.15, 0.2) is 18.1 Å². The molecule has 4 heterocycles.